The average molecular weight is 348 g/mol. The Kier molecular flexibility index (Phi) is 4.66. The highest BCUT2D eigenvalue weighted by Gasteiger charge is 2.40. The monoisotopic (exact) mass is 348 g/mol. The molecule has 0 fully saturated rings. The van der Waals surface area contributed by atoms with E-state index >= 15 is 0 Å². The average Bonchev–Trinajstić information content (AvgIpc) is 3.05. The van der Waals surface area contributed by atoms with E-state index in [1.165, 1.54) is 17.4 Å². The van der Waals surface area contributed by atoms with Crippen LogP contribution in [-0.2, 0) is 0 Å². The van der Waals surface area contributed by atoms with Gasteiger partial charge in [-0.05, 0) is 26.0 Å². The van der Waals surface area contributed by atoms with Crippen molar-refractivity contribution >= 4 is 34.4 Å². The Morgan fingerprint density at radius 2 is 1.91 bits per heavy atom. The number of carbonyl (C=O) groups is 2. The molecule has 0 bridgehead atoms. The predicted molar refractivity (Wildman–Crippen MR) is 77.4 cm³/mol. The summed E-state index contributed by atoms with van der Waals surface area (Å²) < 4.78 is 37.0. The number of Topliss-reactive ketones (excluding diaryl/α,β-unsaturated/α-hetero) is 1. The maximum absolute atomic E-state index is 12.3. The molecule has 2 aromatic heterocycles. The van der Waals surface area contributed by atoms with Gasteiger partial charge >= 0.3 is 6.18 Å². The lowest BCUT2D eigenvalue weighted by atomic mass is 10.2. The molecule has 0 saturated carbocycles. The predicted octanol–water partition coefficient (Wildman–Crippen LogP) is 3.75. The van der Waals surface area contributed by atoms with E-state index in [4.69, 9.17) is 0 Å². The van der Waals surface area contributed by atoms with Gasteiger partial charge in [-0.1, -0.05) is 0 Å². The van der Waals surface area contributed by atoms with Gasteiger partial charge in [-0.3, -0.25) is 9.59 Å². The fourth-order valence-corrected chi connectivity index (χ4v) is 3.22. The molecule has 9 heteroatoms. The fraction of sp³-hybridized carbons (Fsp3) is 0.308. The van der Waals surface area contributed by atoms with Gasteiger partial charge in [0.1, 0.15) is 0 Å². The molecular formula is C13H11F3N2O2S2. The van der Waals surface area contributed by atoms with Gasteiger partial charge in [-0.25, -0.2) is 4.98 Å². The molecule has 0 aliphatic carbocycles. The highest BCUT2D eigenvalue weighted by molar-refractivity contribution is 7.16. The molecule has 0 aromatic carbocycles. The van der Waals surface area contributed by atoms with Crippen molar-refractivity contribution in [3.05, 3.63) is 38.0 Å². The molecule has 2 heterocycles. The van der Waals surface area contributed by atoms with Crippen molar-refractivity contribution in [3.8, 4) is 0 Å². The molecule has 1 atom stereocenters. The molecule has 4 nitrogen and oxygen atoms in total. The molecule has 1 amide bonds. The van der Waals surface area contributed by atoms with E-state index in [9.17, 15) is 22.8 Å². The lowest BCUT2D eigenvalue weighted by Gasteiger charge is -2.10. The van der Waals surface area contributed by atoms with Crippen LogP contribution < -0.4 is 5.32 Å². The van der Waals surface area contributed by atoms with Gasteiger partial charge in [0.15, 0.2) is 0 Å². The van der Waals surface area contributed by atoms with E-state index < -0.39 is 22.7 Å². The smallest absolute Gasteiger partial charge is 0.343 e. The summed E-state index contributed by atoms with van der Waals surface area (Å²) in [6, 6.07) is 1.84. The minimum atomic E-state index is -4.94. The summed E-state index contributed by atoms with van der Waals surface area (Å²) in [6.07, 6.45) is -4.94. The van der Waals surface area contributed by atoms with Crippen LogP contribution in [0, 0.1) is 6.92 Å². The Bertz CT molecular complexity index is 706. The van der Waals surface area contributed by atoms with Crippen LogP contribution >= 0.6 is 22.7 Å². The number of aryl methyl sites for hydroxylation is 1. The number of hydrogen-bond acceptors (Lipinski definition) is 5. The Hall–Kier alpha value is -1.74. The lowest BCUT2D eigenvalue weighted by molar-refractivity contribution is -0.0882. The van der Waals surface area contributed by atoms with Crippen LogP contribution in [0.5, 0.6) is 0 Å². The summed E-state index contributed by atoms with van der Waals surface area (Å²) >= 11 is 1.96. The summed E-state index contributed by atoms with van der Waals surface area (Å²) in [5, 5.41) is 5.29. The Morgan fingerprint density at radius 3 is 2.45 bits per heavy atom. The van der Waals surface area contributed by atoms with E-state index in [0.29, 0.717) is 17.0 Å². The summed E-state index contributed by atoms with van der Waals surface area (Å²) in [5.41, 5.74) is 0.680. The summed E-state index contributed by atoms with van der Waals surface area (Å²) in [4.78, 5) is 26.9. The number of carbonyl (C=O) groups excluding carboxylic acids is 2. The molecule has 1 N–H and O–H groups in total. The first-order valence-electron chi connectivity index (χ1n) is 6.12. The normalized spacial score (nSPS) is 13.0. The summed E-state index contributed by atoms with van der Waals surface area (Å²) in [5.74, 6) is -2.48. The van der Waals surface area contributed by atoms with Gasteiger partial charge < -0.3 is 5.32 Å². The number of rotatable bonds is 4. The van der Waals surface area contributed by atoms with Gasteiger partial charge in [0.2, 0.25) is 0 Å². The molecule has 0 aliphatic heterocycles. The maximum Gasteiger partial charge on any atom is 0.455 e. The van der Waals surface area contributed by atoms with E-state index in [0.717, 1.165) is 11.1 Å². The third-order valence-electron chi connectivity index (χ3n) is 2.74. The standard InChI is InChI=1S/C13H11F3N2O2S2/c1-6(8-5-21-7(2)18-8)17-12(20)10-4-3-9(22-10)11(19)13(14,15)16/h3-6H,1-2H3,(H,17,20). The van der Waals surface area contributed by atoms with Crippen molar-refractivity contribution in [2.75, 3.05) is 0 Å². The van der Waals surface area contributed by atoms with Crippen LogP contribution in [0.1, 0.15) is 43.0 Å². The van der Waals surface area contributed by atoms with Crippen LogP contribution in [0.25, 0.3) is 0 Å². The number of ketones is 1. The van der Waals surface area contributed by atoms with Gasteiger partial charge in [0.25, 0.3) is 11.7 Å². The number of halogens is 3. The number of amides is 1. The number of thiazole rings is 1. The van der Waals surface area contributed by atoms with Crippen LogP contribution in [0.15, 0.2) is 17.5 Å². The summed E-state index contributed by atoms with van der Waals surface area (Å²) in [7, 11) is 0. The number of alkyl halides is 3. The first-order valence-corrected chi connectivity index (χ1v) is 7.82. The molecule has 0 spiro atoms. The minimum Gasteiger partial charge on any atom is -0.343 e. The molecule has 0 radical (unpaired) electrons. The SMILES string of the molecule is Cc1nc(C(C)NC(=O)c2ccc(C(=O)C(F)(F)F)s2)cs1. The quantitative estimate of drug-likeness (QED) is 0.856. The van der Waals surface area contributed by atoms with Crippen LogP contribution in [0.3, 0.4) is 0 Å². The van der Waals surface area contributed by atoms with Crippen molar-refractivity contribution in [3.63, 3.8) is 0 Å². The van der Waals surface area contributed by atoms with E-state index in [1.54, 1.807) is 12.3 Å². The van der Waals surface area contributed by atoms with E-state index in [2.05, 4.69) is 10.3 Å². The molecular weight excluding hydrogens is 337 g/mol. The zero-order valence-electron chi connectivity index (χ0n) is 11.5. The topological polar surface area (TPSA) is 59.1 Å². The van der Waals surface area contributed by atoms with Crippen molar-refractivity contribution in [1.29, 1.82) is 0 Å². The molecule has 1 unspecified atom stereocenters. The Balaban J connectivity index is 2.08. The van der Waals surface area contributed by atoms with E-state index in [-0.39, 0.29) is 10.9 Å². The zero-order chi connectivity index (χ0) is 16.5. The number of thiophene rings is 1. The zero-order valence-corrected chi connectivity index (χ0v) is 13.2. The van der Waals surface area contributed by atoms with Crippen molar-refractivity contribution in [2.24, 2.45) is 0 Å². The van der Waals surface area contributed by atoms with Crippen LogP contribution in [-0.4, -0.2) is 22.9 Å². The number of hydrogen-bond donors (Lipinski definition) is 1. The minimum absolute atomic E-state index is 0.0476. The molecule has 2 rings (SSSR count). The second-order valence-electron chi connectivity index (χ2n) is 4.48. The van der Waals surface area contributed by atoms with Crippen molar-refractivity contribution in [1.82, 2.24) is 10.3 Å². The lowest BCUT2D eigenvalue weighted by Crippen LogP contribution is -2.26. The largest absolute Gasteiger partial charge is 0.455 e. The van der Waals surface area contributed by atoms with E-state index in [1.807, 2.05) is 6.92 Å². The molecule has 2 aromatic rings. The molecule has 0 saturated heterocycles. The third kappa shape index (κ3) is 3.72. The Morgan fingerprint density at radius 1 is 1.27 bits per heavy atom. The van der Waals surface area contributed by atoms with Crippen LogP contribution in [0.4, 0.5) is 13.2 Å². The van der Waals surface area contributed by atoms with Crippen LogP contribution in [0.2, 0.25) is 0 Å². The number of aromatic nitrogens is 1. The fourth-order valence-electron chi connectivity index (χ4n) is 1.64. The van der Waals surface area contributed by atoms with Crippen molar-refractivity contribution in [2.45, 2.75) is 26.1 Å². The molecule has 22 heavy (non-hydrogen) atoms. The third-order valence-corrected chi connectivity index (χ3v) is 4.61. The number of nitrogens with zero attached hydrogens (tertiary/aromatic N) is 1. The molecule has 118 valence electrons. The van der Waals surface area contributed by atoms with Crippen molar-refractivity contribution < 1.29 is 22.8 Å². The first-order chi connectivity index (χ1) is 10.2. The second kappa shape index (κ2) is 6.17. The van der Waals surface area contributed by atoms with Gasteiger partial charge in [0, 0.05) is 5.38 Å². The van der Waals surface area contributed by atoms with Gasteiger partial charge in [-0.2, -0.15) is 13.2 Å². The highest BCUT2D eigenvalue weighted by atomic mass is 32.1. The van der Waals surface area contributed by atoms with Gasteiger partial charge in [0.05, 0.1) is 26.5 Å². The Labute approximate surface area is 132 Å². The van der Waals surface area contributed by atoms with Gasteiger partial charge in [-0.15, -0.1) is 22.7 Å². The highest BCUT2D eigenvalue weighted by Crippen LogP contribution is 2.27. The summed E-state index contributed by atoms with van der Waals surface area (Å²) in [6.45, 7) is 3.55. The number of nitrogens with one attached hydrogen (secondary N) is 1. The molecule has 0 aliphatic rings. The maximum atomic E-state index is 12.3. The second-order valence-corrected chi connectivity index (χ2v) is 6.62. The first kappa shape index (κ1) is 16.6.